The quantitative estimate of drug-likeness (QED) is 0.442. The third kappa shape index (κ3) is 6.04. The van der Waals surface area contributed by atoms with Gasteiger partial charge in [-0.2, -0.15) is 0 Å². The molecule has 7 nitrogen and oxygen atoms in total. The van der Waals surface area contributed by atoms with Crippen LogP contribution >= 0.6 is 0 Å². The molecule has 0 radical (unpaired) electrons. The number of rotatable bonds is 9. The van der Waals surface area contributed by atoms with Crippen LogP contribution in [0.2, 0.25) is 0 Å². The van der Waals surface area contributed by atoms with E-state index in [1.54, 1.807) is 6.20 Å². The zero-order valence-corrected chi connectivity index (χ0v) is 19.1. The Bertz CT molecular complexity index is 1070. The number of hydrogen-bond acceptors (Lipinski definition) is 6. The van der Waals surface area contributed by atoms with Crippen LogP contribution in [-0.4, -0.2) is 29.8 Å². The average molecular weight is 438 g/mol. The van der Waals surface area contributed by atoms with E-state index in [1.165, 1.54) is 5.56 Å². The zero-order chi connectivity index (χ0) is 23.1. The van der Waals surface area contributed by atoms with Crippen molar-refractivity contribution in [2.45, 2.75) is 34.1 Å². The third-order valence-corrected chi connectivity index (χ3v) is 5.13. The van der Waals surface area contributed by atoms with Gasteiger partial charge in [0.15, 0.2) is 5.78 Å². The minimum Gasteiger partial charge on any atom is -0.323 e. The summed E-state index contributed by atoms with van der Waals surface area (Å²) in [5.74, 6) is -0.555. The largest absolute Gasteiger partial charge is 0.323 e. The van der Waals surface area contributed by atoms with Gasteiger partial charge in [-0.15, -0.1) is 0 Å². The molecule has 0 aliphatic carbocycles. The molecule has 2 heterocycles. The fourth-order valence-corrected chi connectivity index (χ4v) is 3.37. The molecule has 1 amide bonds. The number of aromatic nitrogens is 1. The molecule has 32 heavy (non-hydrogen) atoms. The summed E-state index contributed by atoms with van der Waals surface area (Å²) in [4.78, 5) is 29.8. The highest BCUT2D eigenvalue weighted by Gasteiger charge is 2.19. The fourth-order valence-electron chi connectivity index (χ4n) is 3.37. The van der Waals surface area contributed by atoms with Gasteiger partial charge >= 0.3 is 0 Å². The van der Waals surface area contributed by atoms with Crippen LogP contribution in [0, 0.1) is 5.92 Å². The summed E-state index contributed by atoms with van der Waals surface area (Å²) < 4.78 is 0. The molecule has 0 bridgehead atoms. The molecule has 172 valence electrons. The summed E-state index contributed by atoms with van der Waals surface area (Å²) in [6, 6.07) is 10.0. The molecule has 1 aromatic carbocycles. The van der Waals surface area contributed by atoms with E-state index in [0.29, 0.717) is 12.2 Å². The SMILES string of the molecule is CCc1cccc(-c2cnc(C(=O)C(C)C)c(NC(=O)CNCC3=CNNC(C)=C3)c2)c1.[HH].[HH]. The Kier molecular flexibility index (Phi) is 7.78. The summed E-state index contributed by atoms with van der Waals surface area (Å²) in [6.07, 6.45) is 6.47. The molecular formula is C25H35N5O2. The molecular weight excluding hydrogens is 402 g/mol. The standard InChI is InChI=1S/C25H31N5O2.2H2/c1-5-18-7-6-8-20(10-18)21-11-22(24(27-14-21)25(32)16(2)3)29-23(31)15-26-12-19-9-17(4)30-28-13-19;;/h6-11,13-14,16,26,28,30H,5,12,15H2,1-4H3,(H,29,31);2*1H. The highest BCUT2D eigenvalue weighted by atomic mass is 16.2. The maximum absolute atomic E-state index is 12.7. The van der Waals surface area contributed by atoms with Gasteiger partial charge in [-0.05, 0) is 42.2 Å². The lowest BCUT2D eigenvalue weighted by atomic mass is 10.00. The van der Waals surface area contributed by atoms with E-state index in [-0.39, 0.29) is 32.7 Å². The molecule has 1 aromatic heterocycles. The van der Waals surface area contributed by atoms with Gasteiger partial charge in [0.05, 0.1) is 12.2 Å². The monoisotopic (exact) mass is 437 g/mol. The van der Waals surface area contributed by atoms with Gasteiger partial charge in [-0.3, -0.25) is 14.6 Å². The predicted octanol–water partition coefficient (Wildman–Crippen LogP) is 4.07. The topological polar surface area (TPSA) is 95.2 Å². The van der Waals surface area contributed by atoms with Crippen molar-refractivity contribution >= 4 is 17.4 Å². The van der Waals surface area contributed by atoms with Crippen molar-refractivity contribution in [1.82, 2.24) is 21.2 Å². The number of nitrogens with one attached hydrogen (secondary N) is 4. The van der Waals surface area contributed by atoms with E-state index in [1.807, 2.05) is 51.2 Å². The molecule has 0 atom stereocenters. The van der Waals surface area contributed by atoms with E-state index < -0.39 is 0 Å². The van der Waals surface area contributed by atoms with Gasteiger partial charge in [0.25, 0.3) is 0 Å². The normalized spacial score (nSPS) is 13.0. The van der Waals surface area contributed by atoms with Crippen molar-refractivity contribution < 1.29 is 12.4 Å². The van der Waals surface area contributed by atoms with E-state index in [2.05, 4.69) is 45.5 Å². The Morgan fingerprint density at radius 3 is 2.72 bits per heavy atom. The lowest BCUT2D eigenvalue weighted by molar-refractivity contribution is -0.115. The van der Waals surface area contributed by atoms with Crippen molar-refractivity contribution in [2.24, 2.45) is 5.92 Å². The summed E-state index contributed by atoms with van der Waals surface area (Å²) in [7, 11) is 0. The highest BCUT2D eigenvalue weighted by molar-refractivity contribution is 6.05. The van der Waals surface area contributed by atoms with Gasteiger partial charge < -0.3 is 21.5 Å². The van der Waals surface area contributed by atoms with Crippen LogP contribution in [0.15, 0.2) is 60.1 Å². The highest BCUT2D eigenvalue weighted by Crippen LogP contribution is 2.26. The number of hydrogen-bond donors (Lipinski definition) is 4. The zero-order valence-electron chi connectivity index (χ0n) is 19.1. The number of allylic oxidation sites excluding steroid dienone is 1. The number of ketones is 1. The van der Waals surface area contributed by atoms with Gasteiger partial charge in [0.2, 0.25) is 5.91 Å². The minimum atomic E-state index is -0.229. The van der Waals surface area contributed by atoms with E-state index in [0.717, 1.165) is 28.8 Å². The molecule has 7 heteroatoms. The molecule has 3 rings (SSSR count). The smallest absolute Gasteiger partial charge is 0.238 e. The number of Topliss-reactive ketones (excluding diaryl/α,β-unsaturated/α-hetero) is 1. The summed E-state index contributed by atoms with van der Waals surface area (Å²) in [5, 5.41) is 6.01. The molecule has 0 spiro atoms. The van der Waals surface area contributed by atoms with Crippen LogP contribution in [0.25, 0.3) is 11.1 Å². The van der Waals surface area contributed by atoms with Crippen molar-refractivity contribution in [1.29, 1.82) is 0 Å². The summed E-state index contributed by atoms with van der Waals surface area (Å²) in [6.45, 7) is 8.36. The van der Waals surface area contributed by atoms with Crippen LogP contribution in [0.4, 0.5) is 5.69 Å². The number of anilines is 1. The maximum Gasteiger partial charge on any atom is 0.238 e. The van der Waals surface area contributed by atoms with Gasteiger partial charge in [-0.25, -0.2) is 0 Å². The van der Waals surface area contributed by atoms with Crippen LogP contribution in [0.5, 0.6) is 0 Å². The lowest BCUT2D eigenvalue weighted by Crippen LogP contribution is -2.33. The van der Waals surface area contributed by atoms with E-state index in [9.17, 15) is 9.59 Å². The predicted molar refractivity (Wildman–Crippen MR) is 132 cm³/mol. The van der Waals surface area contributed by atoms with Gasteiger partial charge in [0, 0.05) is 39.0 Å². The van der Waals surface area contributed by atoms with Crippen LogP contribution in [0.3, 0.4) is 0 Å². The van der Waals surface area contributed by atoms with Crippen LogP contribution < -0.4 is 21.5 Å². The molecule has 0 saturated carbocycles. The van der Waals surface area contributed by atoms with E-state index in [4.69, 9.17) is 0 Å². The molecule has 2 aromatic rings. The molecule has 0 unspecified atom stereocenters. The average Bonchev–Trinajstić information content (AvgIpc) is 2.78. The lowest BCUT2D eigenvalue weighted by Gasteiger charge is -2.16. The molecule has 1 aliphatic heterocycles. The Morgan fingerprint density at radius 1 is 1.19 bits per heavy atom. The number of amides is 1. The maximum atomic E-state index is 12.7. The number of nitrogens with zero attached hydrogens (tertiary/aromatic N) is 1. The number of hydrazine groups is 1. The minimum absolute atomic E-state index is 0. The Labute approximate surface area is 192 Å². The molecule has 4 N–H and O–H groups in total. The summed E-state index contributed by atoms with van der Waals surface area (Å²) in [5.41, 5.74) is 11.8. The van der Waals surface area contributed by atoms with E-state index >= 15 is 0 Å². The Morgan fingerprint density at radius 2 is 2.00 bits per heavy atom. The first kappa shape index (κ1) is 23.2. The van der Waals surface area contributed by atoms with Gasteiger partial charge in [-0.1, -0.05) is 45.0 Å². The number of aryl methyl sites for hydroxylation is 1. The van der Waals surface area contributed by atoms with Crippen molar-refractivity contribution in [3.05, 3.63) is 71.3 Å². The fraction of sp³-hybridized carbons (Fsp3) is 0.320. The first-order chi connectivity index (χ1) is 15.4. The van der Waals surface area contributed by atoms with Crippen LogP contribution in [0.1, 0.15) is 46.6 Å². The number of carbonyl (C=O) groups is 2. The first-order valence-electron chi connectivity index (χ1n) is 10.9. The second kappa shape index (κ2) is 10.7. The molecule has 0 saturated heterocycles. The second-order valence-corrected chi connectivity index (χ2v) is 8.16. The van der Waals surface area contributed by atoms with Gasteiger partial charge in [0.1, 0.15) is 5.69 Å². The summed E-state index contributed by atoms with van der Waals surface area (Å²) >= 11 is 0. The molecule has 1 aliphatic rings. The van der Waals surface area contributed by atoms with Crippen molar-refractivity contribution in [3.63, 3.8) is 0 Å². The Balaban J connectivity index is 0.00000289. The second-order valence-electron chi connectivity index (χ2n) is 8.16. The number of benzene rings is 1. The molecule has 0 fully saturated rings. The van der Waals surface area contributed by atoms with Crippen molar-refractivity contribution in [3.8, 4) is 11.1 Å². The first-order valence-corrected chi connectivity index (χ1v) is 10.9. The van der Waals surface area contributed by atoms with Crippen LogP contribution in [-0.2, 0) is 11.2 Å². The third-order valence-electron chi connectivity index (χ3n) is 5.13. The Hall–Kier alpha value is -3.45. The number of pyridine rings is 1. The number of carbonyl (C=O) groups excluding carboxylic acids is 2. The van der Waals surface area contributed by atoms with Crippen molar-refractivity contribution in [2.75, 3.05) is 18.4 Å².